The number of amides is 1. The summed E-state index contributed by atoms with van der Waals surface area (Å²) < 4.78 is 4.73. The number of hydrogen-bond acceptors (Lipinski definition) is 4. The number of benzene rings is 2. The summed E-state index contributed by atoms with van der Waals surface area (Å²) in [4.78, 5) is 23.2. The van der Waals surface area contributed by atoms with E-state index in [4.69, 9.17) is 4.74 Å². The Bertz CT molecular complexity index is 594. The van der Waals surface area contributed by atoms with Crippen LogP contribution in [0.2, 0.25) is 0 Å². The molecule has 2 aromatic carbocycles. The van der Waals surface area contributed by atoms with Crippen molar-refractivity contribution in [3.63, 3.8) is 0 Å². The van der Waals surface area contributed by atoms with Gasteiger partial charge in [-0.3, -0.25) is 9.59 Å². The quantitative estimate of drug-likeness (QED) is 0.857. The summed E-state index contributed by atoms with van der Waals surface area (Å²) in [6.45, 7) is 1.88. The van der Waals surface area contributed by atoms with Crippen molar-refractivity contribution in [1.29, 1.82) is 0 Å². The number of carbonyl (C=O) groups excluding carboxylic acids is 2. The molecule has 0 radical (unpaired) electrons. The van der Waals surface area contributed by atoms with Crippen LogP contribution in [0.15, 0.2) is 58.3 Å². The zero-order chi connectivity index (χ0) is 14.4. The number of anilines is 1. The zero-order valence-corrected chi connectivity index (χ0v) is 11.6. The molecule has 0 aromatic heterocycles. The molecule has 0 spiro atoms. The SMILES string of the molecule is CC(=O)Nc1ccc(Sc2ccc(OC=O)cc2)cc1. The molecule has 1 N–H and O–H groups in total. The zero-order valence-electron chi connectivity index (χ0n) is 10.8. The van der Waals surface area contributed by atoms with Gasteiger partial charge in [-0.2, -0.15) is 0 Å². The van der Waals surface area contributed by atoms with Gasteiger partial charge in [0.05, 0.1) is 0 Å². The van der Waals surface area contributed by atoms with E-state index in [1.807, 2.05) is 36.4 Å². The predicted molar refractivity (Wildman–Crippen MR) is 78.0 cm³/mol. The van der Waals surface area contributed by atoms with Crippen molar-refractivity contribution in [3.8, 4) is 5.75 Å². The van der Waals surface area contributed by atoms with Gasteiger partial charge in [0.25, 0.3) is 6.47 Å². The van der Waals surface area contributed by atoms with Gasteiger partial charge in [-0.25, -0.2) is 0 Å². The monoisotopic (exact) mass is 287 g/mol. The standard InChI is InChI=1S/C15H13NO3S/c1-11(18)16-12-2-6-14(7-3-12)20-15-8-4-13(5-9-15)19-10-17/h2-10H,1H3,(H,16,18). The van der Waals surface area contributed by atoms with Crippen molar-refractivity contribution in [2.45, 2.75) is 16.7 Å². The summed E-state index contributed by atoms with van der Waals surface area (Å²) in [6.07, 6.45) is 0. The number of hydrogen-bond donors (Lipinski definition) is 1. The summed E-state index contributed by atoms with van der Waals surface area (Å²) in [6, 6.07) is 14.8. The second-order valence-corrected chi connectivity index (χ2v) is 5.14. The normalized spacial score (nSPS) is 9.85. The van der Waals surface area contributed by atoms with E-state index in [1.54, 1.807) is 23.9 Å². The van der Waals surface area contributed by atoms with Crippen LogP contribution in [-0.2, 0) is 9.59 Å². The first kappa shape index (κ1) is 14.1. The Morgan fingerprint density at radius 1 is 1.05 bits per heavy atom. The molecule has 0 heterocycles. The Labute approximate surface area is 121 Å². The molecular weight excluding hydrogens is 274 g/mol. The Balaban J connectivity index is 2.02. The molecule has 0 saturated heterocycles. The maximum atomic E-state index is 10.9. The van der Waals surface area contributed by atoms with E-state index < -0.39 is 0 Å². The summed E-state index contributed by atoms with van der Waals surface area (Å²) in [5.41, 5.74) is 0.775. The third-order valence-corrected chi connectivity index (χ3v) is 3.43. The molecule has 1 amide bonds. The van der Waals surface area contributed by atoms with Gasteiger partial charge in [-0.15, -0.1) is 0 Å². The average molecular weight is 287 g/mol. The van der Waals surface area contributed by atoms with Crippen LogP contribution >= 0.6 is 11.8 Å². The largest absolute Gasteiger partial charge is 0.429 e. The second-order valence-electron chi connectivity index (χ2n) is 3.99. The van der Waals surface area contributed by atoms with E-state index >= 15 is 0 Å². The van der Waals surface area contributed by atoms with Gasteiger partial charge < -0.3 is 10.1 Å². The van der Waals surface area contributed by atoms with Gasteiger partial charge in [0.1, 0.15) is 5.75 Å². The summed E-state index contributed by atoms with van der Waals surface area (Å²) >= 11 is 1.59. The summed E-state index contributed by atoms with van der Waals surface area (Å²) in [5, 5.41) is 2.72. The van der Waals surface area contributed by atoms with Crippen molar-refractivity contribution in [2.24, 2.45) is 0 Å². The number of nitrogens with one attached hydrogen (secondary N) is 1. The topological polar surface area (TPSA) is 55.4 Å². The molecule has 0 atom stereocenters. The molecule has 0 saturated carbocycles. The smallest absolute Gasteiger partial charge is 0.298 e. The van der Waals surface area contributed by atoms with Crippen LogP contribution in [0.4, 0.5) is 5.69 Å². The lowest BCUT2D eigenvalue weighted by molar-refractivity contribution is -0.120. The fourth-order valence-corrected chi connectivity index (χ4v) is 2.40. The highest BCUT2D eigenvalue weighted by atomic mass is 32.2. The Hall–Kier alpha value is -2.27. The lowest BCUT2D eigenvalue weighted by atomic mass is 10.3. The van der Waals surface area contributed by atoms with Crippen LogP contribution in [0, 0.1) is 0 Å². The highest BCUT2D eigenvalue weighted by molar-refractivity contribution is 7.99. The average Bonchev–Trinajstić information content (AvgIpc) is 2.43. The van der Waals surface area contributed by atoms with Crippen molar-refractivity contribution in [3.05, 3.63) is 48.5 Å². The molecule has 0 unspecified atom stereocenters. The highest BCUT2D eigenvalue weighted by Crippen LogP contribution is 2.29. The van der Waals surface area contributed by atoms with Gasteiger partial charge in [0.2, 0.25) is 5.91 Å². The van der Waals surface area contributed by atoms with Crippen LogP contribution in [0.3, 0.4) is 0 Å². The lowest BCUT2D eigenvalue weighted by Crippen LogP contribution is -2.05. The molecule has 2 rings (SSSR count). The molecule has 4 nitrogen and oxygen atoms in total. The number of rotatable bonds is 5. The van der Waals surface area contributed by atoms with Crippen molar-refractivity contribution in [1.82, 2.24) is 0 Å². The van der Waals surface area contributed by atoms with Crippen LogP contribution in [0.25, 0.3) is 0 Å². The van der Waals surface area contributed by atoms with Crippen molar-refractivity contribution in [2.75, 3.05) is 5.32 Å². The highest BCUT2D eigenvalue weighted by Gasteiger charge is 2.00. The van der Waals surface area contributed by atoms with E-state index in [9.17, 15) is 9.59 Å². The first-order valence-electron chi connectivity index (χ1n) is 5.93. The first-order chi connectivity index (χ1) is 9.67. The molecule has 2 aromatic rings. The molecule has 0 aliphatic heterocycles. The van der Waals surface area contributed by atoms with Gasteiger partial charge in [-0.05, 0) is 48.5 Å². The minimum atomic E-state index is -0.0869. The van der Waals surface area contributed by atoms with Crippen LogP contribution in [0.5, 0.6) is 5.75 Å². The van der Waals surface area contributed by atoms with E-state index in [0.717, 1.165) is 15.5 Å². The minimum absolute atomic E-state index is 0.0869. The number of ether oxygens (including phenoxy) is 1. The third kappa shape index (κ3) is 4.13. The molecule has 0 aliphatic rings. The van der Waals surface area contributed by atoms with E-state index in [1.165, 1.54) is 6.92 Å². The molecule has 0 aliphatic carbocycles. The number of carbonyl (C=O) groups is 2. The Morgan fingerprint density at radius 3 is 2.10 bits per heavy atom. The molecular formula is C15H13NO3S. The molecule has 20 heavy (non-hydrogen) atoms. The lowest BCUT2D eigenvalue weighted by Gasteiger charge is -2.05. The summed E-state index contributed by atoms with van der Waals surface area (Å²) in [5.74, 6) is 0.432. The minimum Gasteiger partial charge on any atom is -0.429 e. The predicted octanol–water partition coefficient (Wildman–Crippen LogP) is 3.33. The Morgan fingerprint density at radius 2 is 1.60 bits per heavy atom. The second kappa shape index (κ2) is 6.77. The van der Waals surface area contributed by atoms with Crippen LogP contribution in [0.1, 0.15) is 6.92 Å². The fraction of sp³-hybridized carbons (Fsp3) is 0.0667. The van der Waals surface area contributed by atoms with E-state index in [-0.39, 0.29) is 5.91 Å². The van der Waals surface area contributed by atoms with Gasteiger partial charge in [0, 0.05) is 22.4 Å². The van der Waals surface area contributed by atoms with E-state index in [2.05, 4.69) is 5.32 Å². The fourth-order valence-electron chi connectivity index (χ4n) is 1.59. The van der Waals surface area contributed by atoms with Gasteiger partial charge in [-0.1, -0.05) is 11.8 Å². The molecule has 0 bridgehead atoms. The maximum absolute atomic E-state index is 10.9. The van der Waals surface area contributed by atoms with Gasteiger partial charge >= 0.3 is 0 Å². The van der Waals surface area contributed by atoms with E-state index in [0.29, 0.717) is 12.2 Å². The van der Waals surface area contributed by atoms with Crippen molar-refractivity contribution < 1.29 is 14.3 Å². The van der Waals surface area contributed by atoms with Crippen LogP contribution in [-0.4, -0.2) is 12.4 Å². The van der Waals surface area contributed by atoms with Gasteiger partial charge in [0.15, 0.2) is 0 Å². The third-order valence-electron chi connectivity index (χ3n) is 2.42. The van der Waals surface area contributed by atoms with Crippen LogP contribution < -0.4 is 10.1 Å². The van der Waals surface area contributed by atoms with Crippen molar-refractivity contribution >= 4 is 29.8 Å². The Kier molecular flexibility index (Phi) is 4.79. The summed E-state index contributed by atoms with van der Waals surface area (Å²) in [7, 11) is 0. The maximum Gasteiger partial charge on any atom is 0.298 e. The molecule has 5 heteroatoms. The molecule has 102 valence electrons. The first-order valence-corrected chi connectivity index (χ1v) is 6.75. The molecule has 0 fully saturated rings.